The molecule has 0 spiro atoms. The van der Waals surface area contributed by atoms with Gasteiger partial charge in [-0.25, -0.2) is 0 Å². The van der Waals surface area contributed by atoms with Crippen LogP contribution in [-0.2, 0) is 0 Å². The first-order chi connectivity index (χ1) is 8.09. The van der Waals surface area contributed by atoms with E-state index in [-0.39, 0.29) is 0 Å². The number of hydrogen-bond donors (Lipinski definition) is 3. The van der Waals surface area contributed by atoms with Gasteiger partial charge in [-0.05, 0) is 50.6 Å². The molecular weight excluding hydrogens is 232 g/mol. The van der Waals surface area contributed by atoms with Crippen LogP contribution in [-0.4, -0.2) is 29.5 Å². The fraction of sp³-hybridized carbons (Fsp3) is 0.538. The lowest BCUT2D eigenvalue weighted by Crippen LogP contribution is -2.43. The summed E-state index contributed by atoms with van der Waals surface area (Å²) < 4.78 is 0. The number of nitrogens with one attached hydrogen (secondary N) is 1. The zero-order valence-electron chi connectivity index (χ0n) is 10.2. The molecule has 4 heteroatoms. The average Bonchev–Trinajstić information content (AvgIpc) is 2.31. The van der Waals surface area contributed by atoms with E-state index in [0.29, 0.717) is 0 Å². The van der Waals surface area contributed by atoms with E-state index in [1.165, 1.54) is 5.56 Å². The van der Waals surface area contributed by atoms with Crippen molar-refractivity contribution in [3.63, 3.8) is 0 Å². The minimum atomic E-state index is -0.536. The number of anilines is 1. The molecule has 0 unspecified atom stereocenters. The van der Waals surface area contributed by atoms with Crippen molar-refractivity contribution in [2.24, 2.45) is 0 Å². The fourth-order valence-electron chi connectivity index (χ4n) is 2.02. The molecule has 0 saturated carbocycles. The van der Waals surface area contributed by atoms with E-state index in [2.05, 4.69) is 18.3 Å². The molecule has 1 aliphatic heterocycles. The minimum Gasteiger partial charge on any atom is -0.398 e. The van der Waals surface area contributed by atoms with Crippen molar-refractivity contribution in [2.45, 2.75) is 30.3 Å². The molecule has 0 aliphatic carbocycles. The van der Waals surface area contributed by atoms with Gasteiger partial charge in [0.2, 0.25) is 0 Å². The molecular formula is C13H20N2OS. The summed E-state index contributed by atoms with van der Waals surface area (Å²) in [6.07, 6.45) is 1.65. The molecule has 4 N–H and O–H groups in total. The predicted molar refractivity (Wildman–Crippen MR) is 73.4 cm³/mol. The van der Waals surface area contributed by atoms with Crippen molar-refractivity contribution in [3.05, 3.63) is 23.8 Å². The Morgan fingerprint density at radius 2 is 2.12 bits per heavy atom. The molecule has 0 amide bonds. The van der Waals surface area contributed by atoms with Gasteiger partial charge in [-0.1, -0.05) is 6.07 Å². The van der Waals surface area contributed by atoms with Gasteiger partial charge >= 0.3 is 0 Å². The number of aryl methyl sites for hydroxylation is 1. The quantitative estimate of drug-likeness (QED) is 0.567. The van der Waals surface area contributed by atoms with Gasteiger partial charge in [0.25, 0.3) is 0 Å². The number of nitrogens with two attached hydrogens (primary N) is 1. The highest BCUT2D eigenvalue weighted by molar-refractivity contribution is 7.99. The van der Waals surface area contributed by atoms with Crippen LogP contribution in [0.5, 0.6) is 0 Å². The molecule has 1 heterocycles. The second kappa shape index (κ2) is 5.29. The smallest absolute Gasteiger partial charge is 0.0765 e. The maximum absolute atomic E-state index is 10.4. The molecule has 17 heavy (non-hydrogen) atoms. The zero-order valence-corrected chi connectivity index (χ0v) is 11.0. The predicted octanol–water partition coefficient (Wildman–Crippen LogP) is 1.78. The molecule has 0 aromatic heterocycles. The number of thioether (sulfide) groups is 1. The number of nitrogen functional groups attached to an aromatic ring is 1. The van der Waals surface area contributed by atoms with Crippen molar-refractivity contribution in [1.29, 1.82) is 0 Å². The lowest BCUT2D eigenvalue weighted by Gasteiger charge is -2.32. The van der Waals surface area contributed by atoms with Gasteiger partial charge in [-0.2, -0.15) is 0 Å². The summed E-state index contributed by atoms with van der Waals surface area (Å²) >= 11 is 1.66. The van der Waals surface area contributed by atoms with Crippen LogP contribution in [0.3, 0.4) is 0 Å². The van der Waals surface area contributed by atoms with Crippen molar-refractivity contribution in [2.75, 3.05) is 24.6 Å². The molecule has 1 saturated heterocycles. The van der Waals surface area contributed by atoms with E-state index in [1.54, 1.807) is 11.8 Å². The van der Waals surface area contributed by atoms with Crippen LogP contribution < -0.4 is 11.1 Å². The van der Waals surface area contributed by atoms with Gasteiger partial charge in [0.15, 0.2) is 0 Å². The Balaban J connectivity index is 1.99. The molecule has 0 atom stereocenters. The van der Waals surface area contributed by atoms with Crippen molar-refractivity contribution >= 4 is 17.4 Å². The zero-order chi connectivity index (χ0) is 12.3. The third kappa shape index (κ3) is 3.37. The number of rotatable bonds is 3. The average molecular weight is 252 g/mol. The normalized spacial score (nSPS) is 19.2. The van der Waals surface area contributed by atoms with E-state index in [4.69, 9.17) is 5.73 Å². The summed E-state index contributed by atoms with van der Waals surface area (Å²) in [5, 5.41) is 13.7. The maximum atomic E-state index is 10.4. The van der Waals surface area contributed by atoms with Gasteiger partial charge < -0.3 is 16.2 Å². The van der Waals surface area contributed by atoms with Crippen LogP contribution in [0.2, 0.25) is 0 Å². The molecule has 1 aromatic rings. The molecule has 94 valence electrons. The molecule has 1 fully saturated rings. The highest BCUT2D eigenvalue weighted by Crippen LogP contribution is 2.31. The molecule has 1 aromatic carbocycles. The Labute approximate surface area is 107 Å². The Bertz CT molecular complexity index is 389. The number of piperidine rings is 1. The van der Waals surface area contributed by atoms with E-state index in [9.17, 15) is 5.11 Å². The SMILES string of the molecule is Cc1ccc(N)c(SCC2(O)CCNCC2)c1. The lowest BCUT2D eigenvalue weighted by molar-refractivity contribution is 0.0339. The number of aliphatic hydroxyl groups is 1. The van der Waals surface area contributed by atoms with Crippen molar-refractivity contribution in [3.8, 4) is 0 Å². The van der Waals surface area contributed by atoms with Crippen LogP contribution in [0.25, 0.3) is 0 Å². The first kappa shape index (κ1) is 12.7. The summed E-state index contributed by atoms with van der Waals surface area (Å²) in [6, 6.07) is 6.03. The van der Waals surface area contributed by atoms with Crippen LogP contribution in [0.1, 0.15) is 18.4 Å². The number of benzene rings is 1. The maximum Gasteiger partial charge on any atom is 0.0765 e. The Hall–Kier alpha value is -0.710. The minimum absolute atomic E-state index is 0.536. The Morgan fingerprint density at radius 1 is 1.41 bits per heavy atom. The Morgan fingerprint density at radius 3 is 2.82 bits per heavy atom. The summed E-state index contributed by atoms with van der Waals surface area (Å²) in [4.78, 5) is 1.08. The molecule has 2 rings (SSSR count). The summed E-state index contributed by atoms with van der Waals surface area (Å²) in [5.74, 6) is 0.725. The summed E-state index contributed by atoms with van der Waals surface area (Å²) in [5.41, 5.74) is 7.41. The van der Waals surface area contributed by atoms with Crippen molar-refractivity contribution < 1.29 is 5.11 Å². The van der Waals surface area contributed by atoms with Crippen LogP contribution in [0.4, 0.5) is 5.69 Å². The first-order valence-electron chi connectivity index (χ1n) is 6.01. The monoisotopic (exact) mass is 252 g/mol. The van der Waals surface area contributed by atoms with Crippen molar-refractivity contribution in [1.82, 2.24) is 5.32 Å². The van der Waals surface area contributed by atoms with E-state index < -0.39 is 5.60 Å². The molecule has 1 aliphatic rings. The highest BCUT2D eigenvalue weighted by Gasteiger charge is 2.29. The van der Waals surface area contributed by atoms with E-state index in [1.807, 2.05) is 12.1 Å². The van der Waals surface area contributed by atoms with Gasteiger partial charge in [0.1, 0.15) is 0 Å². The lowest BCUT2D eigenvalue weighted by atomic mass is 9.95. The summed E-state index contributed by atoms with van der Waals surface area (Å²) in [6.45, 7) is 3.86. The molecule has 0 radical (unpaired) electrons. The molecule has 3 nitrogen and oxygen atoms in total. The first-order valence-corrected chi connectivity index (χ1v) is 7.00. The second-order valence-corrected chi connectivity index (χ2v) is 5.82. The fourth-order valence-corrected chi connectivity index (χ4v) is 3.23. The van der Waals surface area contributed by atoms with Gasteiger partial charge in [0, 0.05) is 16.3 Å². The molecule has 0 bridgehead atoms. The van der Waals surface area contributed by atoms with Gasteiger partial charge in [-0.15, -0.1) is 11.8 Å². The highest BCUT2D eigenvalue weighted by atomic mass is 32.2. The van der Waals surface area contributed by atoms with E-state index in [0.717, 1.165) is 42.3 Å². The largest absolute Gasteiger partial charge is 0.398 e. The second-order valence-electron chi connectivity index (χ2n) is 4.80. The standard InChI is InChI=1S/C13H20N2OS/c1-10-2-3-11(14)12(8-10)17-9-13(16)4-6-15-7-5-13/h2-3,8,15-16H,4-7,9,14H2,1H3. The van der Waals surface area contributed by atoms with E-state index >= 15 is 0 Å². The third-order valence-corrected chi connectivity index (χ3v) is 4.55. The van der Waals surface area contributed by atoms with Crippen LogP contribution >= 0.6 is 11.8 Å². The topological polar surface area (TPSA) is 58.3 Å². The van der Waals surface area contributed by atoms with Crippen LogP contribution in [0.15, 0.2) is 23.1 Å². The summed E-state index contributed by atoms with van der Waals surface area (Å²) in [7, 11) is 0. The van der Waals surface area contributed by atoms with Gasteiger partial charge in [0.05, 0.1) is 5.60 Å². The Kier molecular flexibility index (Phi) is 3.97. The van der Waals surface area contributed by atoms with Crippen LogP contribution in [0, 0.1) is 6.92 Å². The van der Waals surface area contributed by atoms with Gasteiger partial charge in [-0.3, -0.25) is 0 Å². The third-order valence-electron chi connectivity index (χ3n) is 3.20. The number of hydrogen-bond acceptors (Lipinski definition) is 4.